The maximum absolute atomic E-state index is 8.71. The smallest absolute Gasteiger partial charge is 0.223 e. The molecule has 0 saturated carbocycles. The van der Waals surface area contributed by atoms with Crippen LogP contribution in [-0.2, 0) is 6.42 Å². The molecule has 1 aliphatic heterocycles. The minimum Gasteiger partial charge on any atom is -0.370 e. The molecule has 0 fully saturated rings. The predicted octanol–water partition coefficient (Wildman–Crippen LogP) is 3.28. The molecule has 0 spiro atoms. The van der Waals surface area contributed by atoms with Crippen LogP contribution in [0.5, 0.6) is 0 Å². The monoisotopic (exact) mass is 374 g/mol. The highest BCUT2D eigenvalue weighted by molar-refractivity contribution is 5.79. The highest BCUT2D eigenvalue weighted by Gasteiger charge is 2.19. The van der Waals surface area contributed by atoms with Gasteiger partial charge in [-0.25, -0.2) is 15.0 Å². The summed E-state index contributed by atoms with van der Waals surface area (Å²) in [5, 5.41) is 19.9. The summed E-state index contributed by atoms with van der Waals surface area (Å²) in [5.74, 6) is 1.46. The fraction of sp³-hybridized carbons (Fsp3) is 0.350. The van der Waals surface area contributed by atoms with E-state index in [1.165, 1.54) is 5.56 Å². The standard InChI is InChI=1S/C20H22N8/c1-13(2)28-12-16(17-5-9-24-20(26-17)23-7-3-6-21)18(27-28)15-10-14-4-8-22-19(14)25-11-15/h5,9-13H,3-4,7-8H2,1-2H3,(H,22,25)(H,23,24,26). The zero-order chi connectivity index (χ0) is 19.5. The Morgan fingerprint density at radius 1 is 1.36 bits per heavy atom. The minimum atomic E-state index is 0.228. The summed E-state index contributed by atoms with van der Waals surface area (Å²) in [7, 11) is 0. The minimum absolute atomic E-state index is 0.228. The van der Waals surface area contributed by atoms with Gasteiger partial charge in [0.1, 0.15) is 11.5 Å². The Hall–Kier alpha value is -3.47. The number of aromatic nitrogens is 5. The van der Waals surface area contributed by atoms with Gasteiger partial charge in [-0.1, -0.05) is 0 Å². The molecule has 0 saturated heterocycles. The molecule has 0 aliphatic carbocycles. The molecule has 0 unspecified atom stereocenters. The number of anilines is 2. The van der Waals surface area contributed by atoms with Crippen molar-refractivity contribution in [3.05, 3.63) is 36.3 Å². The normalized spacial score (nSPS) is 12.5. The molecule has 28 heavy (non-hydrogen) atoms. The molecule has 142 valence electrons. The van der Waals surface area contributed by atoms with Gasteiger partial charge in [0.25, 0.3) is 0 Å². The van der Waals surface area contributed by atoms with Gasteiger partial charge >= 0.3 is 0 Å². The molecule has 1 aliphatic rings. The van der Waals surface area contributed by atoms with Gasteiger partial charge in [0.2, 0.25) is 5.95 Å². The van der Waals surface area contributed by atoms with Crippen molar-refractivity contribution in [3.63, 3.8) is 0 Å². The van der Waals surface area contributed by atoms with Crippen LogP contribution < -0.4 is 10.6 Å². The SMILES string of the molecule is CC(C)n1cc(-c2ccnc(NCCC#N)n2)c(-c2cnc3c(c2)CCN3)n1. The summed E-state index contributed by atoms with van der Waals surface area (Å²) in [5.41, 5.74) is 4.78. The van der Waals surface area contributed by atoms with E-state index in [1.807, 2.05) is 23.1 Å². The zero-order valence-electron chi connectivity index (χ0n) is 16.0. The Bertz CT molecular complexity index is 1030. The number of hydrogen-bond donors (Lipinski definition) is 2. The van der Waals surface area contributed by atoms with Gasteiger partial charge in [-0.2, -0.15) is 10.4 Å². The summed E-state index contributed by atoms with van der Waals surface area (Å²) in [6.45, 7) is 5.63. The maximum atomic E-state index is 8.71. The molecule has 0 aromatic carbocycles. The van der Waals surface area contributed by atoms with Crippen LogP contribution in [0.3, 0.4) is 0 Å². The maximum Gasteiger partial charge on any atom is 0.223 e. The molecule has 4 heterocycles. The highest BCUT2D eigenvalue weighted by atomic mass is 15.3. The summed E-state index contributed by atoms with van der Waals surface area (Å²) in [6.07, 6.45) is 6.97. The lowest BCUT2D eigenvalue weighted by atomic mass is 10.1. The van der Waals surface area contributed by atoms with E-state index in [9.17, 15) is 0 Å². The Kier molecular flexibility index (Phi) is 4.89. The van der Waals surface area contributed by atoms with Crippen molar-refractivity contribution in [2.75, 3.05) is 23.7 Å². The number of rotatable bonds is 6. The summed E-state index contributed by atoms with van der Waals surface area (Å²) in [4.78, 5) is 13.4. The number of nitriles is 1. The van der Waals surface area contributed by atoms with Gasteiger partial charge in [-0.15, -0.1) is 0 Å². The molecule has 4 rings (SSSR count). The van der Waals surface area contributed by atoms with Crippen molar-refractivity contribution in [2.45, 2.75) is 32.7 Å². The van der Waals surface area contributed by atoms with E-state index in [4.69, 9.17) is 10.4 Å². The fourth-order valence-corrected chi connectivity index (χ4v) is 3.19. The lowest BCUT2D eigenvalue weighted by Crippen LogP contribution is -2.04. The van der Waals surface area contributed by atoms with Gasteiger partial charge in [0, 0.05) is 48.8 Å². The van der Waals surface area contributed by atoms with Gasteiger partial charge in [0.15, 0.2) is 0 Å². The van der Waals surface area contributed by atoms with Gasteiger partial charge < -0.3 is 10.6 Å². The van der Waals surface area contributed by atoms with Crippen molar-refractivity contribution in [2.24, 2.45) is 0 Å². The van der Waals surface area contributed by atoms with Crippen LogP contribution in [0.15, 0.2) is 30.7 Å². The molecule has 0 amide bonds. The van der Waals surface area contributed by atoms with Gasteiger partial charge in [-0.3, -0.25) is 4.68 Å². The molecular formula is C20H22N8. The van der Waals surface area contributed by atoms with Crippen molar-refractivity contribution in [3.8, 4) is 28.6 Å². The lowest BCUT2D eigenvalue weighted by molar-refractivity contribution is 0.534. The molecule has 3 aromatic heterocycles. The van der Waals surface area contributed by atoms with Crippen LogP contribution in [0, 0.1) is 11.3 Å². The Morgan fingerprint density at radius 3 is 3.07 bits per heavy atom. The largest absolute Gasteiger partial charge is 0.370 e. The first-order valence-electron chi connectivity index (χ1n) is 9.42. The van der Waals surface area contributed by atoms with Crippen LogP contribution in [0.25, 0.3) is 22.5 Å². The van der Waals surface area contributed by atoms with Crippen molar-refractivity contribution in [1.29, 1.82) is 5.26 Å². The predicted molar refractivity (Wildman–Crippen MR) is 108 cm³/mol. The second-order valence-electron chi connectivity index (χ2n) is 6.97. The van der Waals surface area contributed by atoms with Crippen LogP contribution in [0.4, 0.5) is 11.8 Å². The van der Waals surface area contributed by atoms with Crippen molar-refractivity contribution < 1.29 is 0 Å². The van der Waals surface area contributed by atoms with E-state index in [0.717, 1.165) is 41.3 Å². The summed E-state index contributed by atoms with van der Waals surface area (Å²) in [6, 6.07) is 6.37. The van der Waals surface area contributed by atoms with Crippen LogP contribution in [0.2, 0.25) is 0 Å². The Balaban J connectivity index is 1.75. The average molecular weight is 374 g/mol. The van der Waals surface area contributed by atoms with Crippen LogP contribution in [-0.4, -0.2) is 37.8 Å². The topological polar surface area (TPSA) is 104 Å². The van der Waals surface area contributed by atoms with E-state index in [-0.39, 0.29) is 6.04 Å². The first-order chi connectivity index (χ1) is 13.7. The first-order valence-corrected chi connectivity index (χ1v) is 9.42. The zero-order valence-corrected chi connectivity index (χ0v) is 16.0. The number of nitrogens with one attached hydrogen (secondary N) is 2. The molecule has 3 aromatic rings. The van der Waals surface area contributed by atoms with Gasteiger partial charge in [-0.05, 0) is 38.0 Å². The van der Waals surface area contributed by atoms with E-state index >= 15 is 0 Å². The summed E-state index contributed by atoms with van der Waals surface area (Å²) < 4.78 is 1.95. The first kappa shape index (κ1) is 17.9. The van der Waals surface area contributed by atoms with Gasteiger partial charge in [0.05, 0.1) is 18.2 Å². The second kappa shape index (κ2) is 7.64. The molecule has 0 radical (unpaired) electrons. The molecule has 8 nitrogen and oxygen atoms in total. The molecular weight excluding hydrogens is 352 g/mol. The fourth-order valence-electron chi connectivity index (χ4n) is 3.19. The molecule has 2 N–H and O–H groups in total. The van der Waals surface area contributed by atoms with Crippen molar-refractivity contribution >= 4 is 11.8 Å². The number of pyridine rings is 1. The molecule has 0 bridgehead atoms. The summed E-state index contributed by atoms with van der Waals surface area (Å²) >= 11 is 0. The quantitative estimate of drug-likeness (QED) is 0.638. The van der Waals surface area contributed by atoms with Crippen LogP contribution >= 0.6 is 0 Å². The molecule has 0 atom stereocenters. The Morgan fingerprint density at radius 2 is 2.25 bits per heavy atom. The third-order valence-electron chi connectivity index (χ3n) is 4.64. The van der Waals surface area contributed by atoms with Crippen molar-refractivity contribution in [1.82, 2.24) is 24.7 Å². The second-order valence-corrected chi connectivity index (χ2v) is 6.97. The van der Waals surface area contributed by atoms with E-state index in [1.54, 1.807) is 6.20 Å². The lowest BCUT2D eigenvalue weighted by Gasteiger charge is -2.06. The number of hydrogen-bond acceptors (Lipinski definition) is 7. The van der Waals surface area contributed by atoms with E-state index in [0.29, 0.717) is 18.9 Å². The van der Waals surface area contributed by atoms with E-state index in [2.05, 4.69) is 51.6 Å². The highest BCUT2D eigenvalue weighted by Crippen LogP contribution is 2.33. The number of fused-ring (bicyclic) bond motifs is 1. The average Bonchev–Trinajstić information content (AvgIpc) is 3.35. The van der Waals surface area contributed by atoms with Crippen LogP contribution in [0.1, 0.15) is 31.9 Å². The Labute approximate surface area is 163 Å². The van der Waals surface area contributed by atoms with E-state index < -0.39 is 0 Å². The third kappa shape index (κ3) is 3.51. The number of nitrogens with zero attached hydrogens (tertiary/aromatic N) is 6. The third-order valence-corrected chi connectivity index (χ3v) is 4.64. The molecule has 8 heteroatoms.